The lowest BCUT2D eigenvalue weighted by Crippen LogP contribution is -2.48. The fraction of sp³-hybridized carbons (Fsp3) is 0.500. The highest BCUT2D eigenvalue weighted by Crippen LogP contribution is 2.31. The number of aryl methyl sites for hydroxylation is 1. The number of amides is 1. The lowest BCUT2D eigenvalue weighted by atomic mass is 10.1. The highest BCUT2D eigenvalue weighted by Gasteiger charge is 2.32. The van der Waals surface area contributed by atoms with E-state index in [1.54, 1.807) is 27.8 Å². The number of carbonyl (C=O) groups is 1. The van der Waals surface area contributed by atoms with Gasteiger partial charge in [0.1, 0.15) is 25.1 Å². The van der Waals surface area contributed by atoms with E-state index in [0.717, 1.165) is 24.0 Å². The van der Waals surface area contributed by atoms with Gasteiger partial charge in [-0.25, -0.2) is 9.18 Å². The molecule has 2 aliphatic heterocycles. The van der Waals surface area contributed by atoms with Gasteiger partial charge in [-0.3, -0.25) is 14.7 Å². The van der Waals surface area contributed by atoms with E-state index < -0.39 is 5.54 Å². The maximum atomic E-state index is 14.0. The number of fused-ring (bicyclic) bond motifs is 2. The highest BCUT2D eigenvalue weighted by molar-refractivity contribution is 5.82. The molecule has 5 rings (SSSR count). The fourth-order valence-corrected chi connectivity index (χ4v) is 5.26. The molecular formula is C30H37FN4O5. The molecule has 1 fully saturated rings. The van der Waals surface area contributed by atoms with E-state index in [2.05, 4.69) is 9.88 Å². The Morgan fingerprint density at radius 2 is 1.82 bits per heavy atom. The predicted octanol–water partition coefficient (Wildman–Crippen LogP) is 4.52. The molecule has 0 bridgehead atoms. The summed E-state index contributed by atoms with van der Waals surface area (Å²) in [7, 11) is 0. The van der Waals surface area contributed by atoms with Crippen molar-refractivity contribution in [3.63, 3.8) is 0 Å². The molecule has 0 radical (unpaired) electrons. The number of hydrogen-bond acceptors (Lipinski definition) is 7. The third-order valence-electron chi connectivity index (χ3n) is 7.56. The number of aromatic nitrogens is 2. The van der Waals surface area contributed by atoms with Crippen LogP contribution in [0.2, 0.25) is 0 Å². The van der Waals surface area contributed by atoms with Gasteiger partial charge in [0.05, 0.1) is 24.0 Å². The molecule has 0 unspecified atom stereocenters. The topological polar surface area (TPSA) is 86.1 Å². The highest BCUT2D eigenvalue weighted by atomic mass is 19.1. The van der Waals surface area contributed by atoms with Gasteiger partial charge in [0.15, 0.2) is 11.5 Å². The summed E-state index contributed by atoms with van der Waals surface area (Å²) in [5.74, 6) is 0.888. The van der Waals surface area contributed by atoms with Gasteiger partial charge in [-0.1, -0.05) is 0 Å². The first-order valence-corrected chi connectivity index (χ1v) is 13.8. The SMILES string of the molecule is Cc1cc(=O)n(CCN2CCC(OC(=O)N(Cc3cc4c(cn3)OCCO4)C(C)(C)C)CC2)c2cc(F)ccc12. The first-order valence-electron chi connectivity index (χ1n) is 13.8. The number of piperidine rings is 1. The largest absolute Gasteiger partial charge is 0.486 e. The minimum Gasteiger partial charge on any atom is -0.486 e. The molecule has 1 aromatic carbocycles. The molecular weight excluding hydrogens is 515 g/mol. The van der Waals surface area contributed by atoms with Gasteiger partial charge in [0.25, 0.3) is 5.56 Å². The molecule has 2 aliphatic rings. The minimum absolute atomic E-state index is 0.130. The normalized spacial score (nSPS) is 16.2. The Balaban J connectivity index is 1.17. The van der Waals surface area contributed by atoms with Crippen molar-refractivity contribution in [2.75, 3.05) is 32.8 Å². The molecule has 4 heterocycles. The van der Waals surface area contributed by atoms with Gasteiger partial charge in [-0.05, 0) is 64.3 Å². The van der Waals surface area contributed by atoms with Crippen molar-refractivity contribution in [3.8, 4) is 11.5 Å². The van der Waals surface area contributed by atoms with Crippen LogP contribution < -0.4 is 15.0 Å². The molecule has 3 aromatic rings. The van der Waals surface area contributed by atoms with Gasteiger partial charge >= 0.3 is 6.09 Å². The number of nitrogens with zero attached hydrogens (tertiary/aromatic N) is 4. The Bertz CT molecular complexity index is 1440. The van der Waals surface area contributed by atoms with Crippen molar-refractivity contribution in [1.82, 2.24) is 19.4 Å². The number of ether oxygens (including phenoxy) is 3. The van der Waals surface area contributed by atoms with Crippen LogP contribution in [0.3, 0.4) is 0 Å². The smallest absolute Gasteiger partial charge is 0.410 e. The molecule has 0 N–H and O–H groups in total. The van der Waals surface area contributed by atoms with E-state index in [1.807, 2.05) is 33.8 Å². The average molecular weight is 553 g/mol. The van der Waals surface area contributed by atoms with Crippen molar-refractivity contribution in [2.24, 2.45) is 0 Å². The number of benzene rings is 1. The second-order valence-electron chi connectivity index (χ2n) is 11.5. The van der Waals surface area contributed by atoms with Crippen molar-refractivity contribution < 1.29 is 23.4 Å². The summed E-state index contributed by atoms with van der Waals surface area (Å²) >= 11 is 0. The molecule has 0 saturated carbocycles. The van der Waals surface area contributed by atoms with E-state index in [9.17, 15) is 14.0 Å². The number of hydrogen-bond donors (Lipinski definition) is 0. The van der Waals surface area contributed by atoms with E-state index in [4.69, 9.17) is 14.2 Å². The number of likely N-dealkylation sites (tertiary alicyclic amines) is 1. The van der Waals surface area contributed by atoms with Gasteiger partial charge in [-0.2, -0.15) is 0 Å². The maximum absolute atomic E-state index is 14.0. The summed E-state index contributed by atoms with van der Waals surface area (Å²) in [5.41, 5.74) is 1.55. The second kappa shape index (κ2) is 11.4. The Labute approximate surface area is 233 Å². The first-order chi connectivity index (χ1) is 19.1. The number of pyridine rings is 2. The summed E-state index contributed by atoms with van der Waals surface area (Å²) in [5, 5.41) is 0.876. The maximum Gasteiger partial charge on any atom is 0.410 e. The van der Waals surface area contributed by atoms with Crippen LogP contribution in [0.25, 0.3) is 10.9 Å². The van der Waals surface area contributed by atoms with Crippen LogP contribution in [0.15, 0.2) is 41.3 Å². The Hall–Kier alpha value is -3.66. The fourth-order valence-electron chi connectivity index (χ4n) is 5.26. The zero-order chi connectivity index (χ0) is 28.4. The van der Waals surface area contributed by atoms with Gasteiger partial charge in [-0.15, -0.1) is 0 Å². The summed E-state index contributed by atoms with van der Waals surface area (Å²) in [6.45, 7) is 11.6. The van der Waals surface area contributed by atoms with Crippen LogP contribution in [-0.4, -0.2) is 69.9 Å². The lowest BCUT2D eigenvalue weighted by Gasteiger charge is -2.37. The van der Waals surface area contributed by atoms with E-state index in [-0.39, 0.29) is 30.1 Å². The third-order valence-corrected chi connectivity index (χ3v) is 7.56. The molecule has 0 spiro atoms. The van der Waals surface area contributed by atoms with Crippen molar-refractivity contribution in [1.29, 1.82) is 0 Å². The number of halogens is 1. The van der Waals surface area contributed by atoms with Crippen molar-refractivity contribution in [2.45, 2.75) is 65.3 Å². The molecule has 0 atom stereocenters. The van der Waals surface area contributed by atoms with Crippen LogP contribution >= 0.6 is 0 Å². The van der Waals surface area contributed by atoms with Crippen LogP contribution in [0.1, 0.15) is 44.9 Å². The van der Waals surface area contributed by atoms with Gasteiger partial charge in [0, 0.05) is 49.2 Å². The zero-order valence-electron chi connectivity index (χ0n) is 23.6. The average Bonchev–Trinajstić information content (AvgIpc) is 2.91. The second-order valence-corrected chi connectivity index (χ2v) is 11.5. The van der Waals surface area contributed by atoms with E-state index in [0.29, 0.717) is 61.9 Å². The van der Waals surface area contributed by atoms with E-state index in [1.165, 1.54) is 12.1 Å². The zero-order valence-corrected chi connectivity index (χ0v) is 23.6. The van der Waals surface area contributed by atoms with Crippen LogP contribution in [0, 0.1) is 12.7 Å². The van der Waals surface area contributed by atoms with Crippen molar-refractivity contribution in [3.05, 3.63) is 64.0 Å². The standard InChI is InChI=1S/C30H37FN4O5/c1-20-15-28(36)34(25-16-21(31)5-6-24(20)25)12-11-33-9-7-23(8-10-33)40-29(37)35(30(2,3)4)19-22-17-26-27(18-32-22)39-14-13-38-26/h5-6,15-18,23H,7-14,19H2,1-4H3. The molecule has 1 amide bonds. The summed E-state index contributed by atoms with van der Waals surface area (Å²) in [6, 6.07) is 7.99. The third kappa shape index (κ3) is 6.22. The minimum atomic E-state index is -0.476. The summed E-state index contributed by atoms with van der Waals surface area (Å²) in [4.78, 5) is 34.4. The molecule has 10 heteroatoms. The Kier molecular flexibility index (Phi) is 7.98. The molecule has 2 aromatic heterocycles. The quantitative estimate of drug-likeness (QED) is 0.445. The van der Waals surface area contributed by atoms with Crippen LogP contribution in [0.4, 0.5) is 9.18 Å². The van der Waals surface area contributed by atoms with E-state index >= 15 is 0 Å². The monoisotopic (exact) mass is 552 g/mol. The van der Waals surface area contributed by atoms with Crippen LogP contribution in [0.5, 0.6) is 11.5 Å². The number of rotatable bonds is 6. The number of carbonyl (C=O) groups excluding carboxylic acids is 1. The molecule has 9 nitrogen and oxygen atoms in total. The first kappa shape index (κ1) is 27.9. The van der Waals surface area contributed by atoms with Crippen LogP contribution in [-0.2, 0) is 17.8 Å². The van der Waals surface area contributed by atoms with Gasteiger partial charge < -0.3 is 23.7 Å². The van der Waals surface area contributed by atoms with Gasteiger partial charge in [0.2, 0.25) is 0 Å². The lowest BCUT2D eigenvalue weighted by molar-refractivity contribution is 0.00868. The molecule has 1 saturated heterocycles. The van der Waals surface area contributed by atoms with Crippen molar-refractivity contribution >= 4 is 17.0 Å². The molecule has 0 aliphatic carbocycles. The molecule has 214 valence electrons. The summed E-state index contributed by atoms with van der Waals surface area (Å²) < 4.78 is 32.8. The molecule has 40 heavy (non-hydrogen) atoms. The summed E-state index contributed by atoms with van der Waals surface area (Å²) in [6.07, 6.45) is 2.46. The Morgan fingerprint density at radius 1 is 1.10 bits per heavy atom. The Morgan fingerprint density at radius 3 is 2.55 bits per heavy atom. The predicted molar refractivity (Wildman–Crippen MR) is 149 cm³/mol.